The molecule has 0 aromatic carbocycles. The SMILES string of the molecule is CN(C)CC(Cc1nc(C(C)(C)C)cs1)NN. The lowest BCUT2D eigenvalue weighted by molar-refractivity contribution is 0.338. The number of hydrogen-bond donors (Lipinski definition) is 2. The Hall–Kier alpha value is -0.490. The molecule has 0 aliphatic rings. The third kappa shape index (κ3) is 4.71. The van der Waals surface area contributed by atoms with Crippen molar-refractivity contribution in [2.24, 2.45) is 5.84 Å². The minimum Gasteiger partial charge on any atom is -0.308 e. The van der Waals surface area contributed by atoms with E-state index in [4.69, 9.17) is 5.84 Å². The van der Waals surface area contributed by atoms with Crippen molar-refractivity contribution in [3.05, 3.63) is 16.1 Å². The van der Waals surface area contributed by atoms with Crippen LogP contribution in [0.2, 0.25) is 0 Å². The number of nitrogens with one attached hydrogen (secondary N) is 1. The first-order valence-electron chi connectivity index (χ1n) is 5.88. The van der Waals surface area contributed by atoms with Crippen LogP contribution >= 0.6 is 11.3 Å². The number of nitrogens with two attached hydrogens (primary N) is 1. The molecule has 0 spiro atoms. The highest BCUT2D eigenvalue weighted by Gasteiger charge is 2.18. The molecule has 3 N–H and O–H groups in total. The molecule has 98 valence electrons. The summed E-state index contributed by atoms with van der Waals surface area (Å²) < 4.78 is 0. The molecule has 0 radical (unpaired) electrons. The van der Waals surface area contributed by atoms with Gasteiger partial charge in [-0.05, 0) is 14.1 Å². The fourth-order valence-corrected chi connectivity index (χ4v) is 2.68. The maximum Gasteiger partial charge on any atom is 0.0945 e. The zero-order valence-electron chi connectivity index (χ0n) is 11.4. The monoisotopic (exact) mass is 256 g/mol. The molecule has 0 saturated carbocycles. The summed E-state index contributed by atoms with van der Waals surface area (Å²) in [5.41, 5.74) is 4.15. The maximum atomic E-state index is 5.56. The van der Waals surface area contributed by atoms with Gasteiger partial charge in [-0.3, -0.25) is 11.3 Å². The summed E-state index contributed by atoms with van der Waals surface area (Å²) in [6.45, 7) is 7.47. The van der Waals surface area contributed by atoms with Crippen LogP contribution in [0.25, 0.3) is 0 Å². The largest absolute Gasteiger partial charge is 0.308 e. The van der Waals surface area contributed by atoms with Gasteiger partial charge in [0, 0.05) is 29.8 Å². The molecule has 5 heteroatoms. The molecule has 1 atom stereocenters. The summed E-state index contributed by atoms with van der Waals surface area (Å²) in [7, 11) is 4.10. The highest BCUT2D eigenvalue weighted by Crippen LogP contribution is 2.24. The molecule has 0 aliphatic carbocycles. The third-order valence-corrected chi connectivity index (χ3v) is 3.43. The van der Waals surface area contributed by atoms with Crippen LogP contribution in [0, 0.1) is 0 Å². The van der Waals surface area contributed by atoms with Gasteiger partial charge in [-0.1, -0.05) is 20.8 Å². The molecule has 1 aromatic rings. The van der Waals surface area contributed by atoms with Crippen molar-refractivity contribution < 1.29 is 0 Å². The van der Waals surface area contributed by atoms with E-state index in [0.29, 0.717) is 0 Å². The van der Waals surface area contributed by atoms with Crippen LogP contribution < -0.4 is 11.3 Å². The standard InChI is InChI=1S/C12H24N4S/c1-12(2,3)10-8-17-11(14-10)6-9(15-13)7-16(4)5/h8-9,15H,6-7,13H2,1-5H3. The molecule has 0 saturated heterocycles. The molecule has 0 bridgehead atoms. The predicted octanol–water partition coefficient (Wildman–Crippen LogP) is 1.38. The van der Waals surface area contributed by atoms with Crippen LogP contribution in [0.3, 0.4) is 0 Å². The first kappa shape index (κ1) is 14.6. The Labute approximate surface area is 108 Å². The molecule has 1 heterocycles. The number of rotatable bonds is 5. The normalized spacial score (nSPS) is 14.3. The molecule has 4 nitrogen and oxygen atoms in total. The van der Waals surface area contributed by atoms with Gasteiger partial charge in [0.2, 0.25) is 0 Å². The summed E-state index contributed by atoms with van der Waals surface area (Å²) in [6, 6.07) is 0.254. The number of nitrogens with zero attached hydrogens (tertiary/aromatic N) is 2. The Balaban J connectivity index is 2.65. The number of likely N-dealkylation sites (N-methyl/N-ethyl adjacent to an activating group) is 1. The van der Waals surface area contributed by atoms with Gasteiger partial charge in [-0.25, -0.2) is 4.98 Å². The molecule has 0 aliphatic heterocycles. The Morgan fingerprint density at radius 3 is 2.53 bits per heavy atom. The van der Waals surface area contributed by atoms with E-state index in [9.17, 15) is 0 Å². The average molecular weight is 256 g/mol. The number of hydrogen-bond acceptors (Lipinski definition) is 5. The summed E-state index contributed by atoms with van der Waals surface area (Å²) in [5.74, 6) is 5.56. The van der Waals surface area contributed by atoms with E-state index < -0.39 is 0 Å². The summed E-state index contributed by atoms with van der Waals surface area (Å²) in [6.07, 6.45) is 0.884. The zero-order valence-corrected chi connectivity index (χ0v) is 12.3. The van der Waals surface area contributed by atoms with Gasteiger partial charge in [-0.2, -0.15) is 0 Å². The highest BCUT2D eigenvalue weighted by molar-refractivity contribution is 7.09. The molecular formula is C12H24N4S. The lowest BCUT2D eigenvalue weighted by Gasteiger charge is -2.19. The second-order valence-electron chi connectivity index (χ2n) is 5.71. The fourth-order valence-electron chi connectivity index (χ4n) is 1.58. The number of hydrazine groups is 1. The van der Waals surface area contributed by atoms with Crippen molar-refractivity contribution >= 4 is 11.3 Å². The van der Waals surface area contributed by atoms with Gasteiger partial charge in [0.15, 0.2) is 0 Å². The summed E-state index contributed by atoms with van der Waals surface area (Å²) >= 11 is 1.72. The van der Waals surface area contributed by atoms with Gasteiger partial charge in [-0.15, -0.1) is 11.3 Å². The number of aromatic nitrogens is 1. The van der Waals surface area contributed by atoms with E-state index in [1.54, 1.807) is 11.3 Å². The molecule has 1 aromatic heterocycles. The fraction of sp³-hybridized carbons (Fsp3) is 0.750. The second-order valence-corrected chi connectivity index (χ2v) is 6.65. The average Bonchev–Trinajstić information content (AvgIpc) is 2.63. The van der Waals surface area contributed by atoms with Gasteiger partial charge in [0.05, 0.1) is 10.7 Å². The molecule has 0 fully saturated rings. The Morgan fingerprint density at radius 2 is 2.12 bits per heavy atom. The molecule has 17 heavy (non-hydrogen) atoms. The van der Waals surface area contributed by atoms with Gasteiger partial charge >= 0.3 is 0 Å². The van der Waals surface area contributed by atoms with E-state index >= 15 is 0 Å². The van der Waals surface area contributed by atoms with Crippen molar-refractivity contribution in [1.29, 1.82) is 0 Å². The quantitative estimate of drug-likeness (QED) is 0.617. The Kier molecular flexibility index (Phi) is 5.06. The van der Waals surface area contributed by atoms with Gasteiger partial charge in [0.25, 0.3) is 0 Å². The first-order chi connectivity index (χ1) is 7.82. The van der Waals surface area contributed by atoms with E-state index in [1.165, 1.54) is 0 Å². The maximum absolute atomic E-state index is 5.56. The van der Waals surface area contributed by atoms with Gasteiger partial charge in [0.1, 0.15) is 0 Å². The summed E-state index contributed by atoms with van der Waals surface area (Å²) in [5, 5.41) is 3.30. The van der Waals surface area contributed by atoms with E-state index in [2.05, 4.69) is 41.5 Å². The smallest absolute Gasteiger partial charge is 0.0945 e. The van der Waals surface area contributed by atoms with Crippen LogP contribution in [-0.2, 0) is 11.8 Å². The van der Waals surface area contributed by atoms with Crippen LogP contribution in [0.1, 0.15) is 31.5 Å². The van der Waals surface area contributed by atoms with Gasteiger partial charge < -0.3 is 4.90 Å². The number of thiazole rings is 1. The lowest BCUT2D eigenvalue weighted by atomic mass is 9.93. The van der Waals surface area contributed by atoms with E-state index in [0.717, 1.165) is 23.7 Å². The predicted molar refractivity (Wildman–Crippen MR) is 74.2 cm³/mol. The minimum atomic E-state index is 0.127. The topological polar surface area (TPSA) is 54.2 Å². The van der Waals surface area contributed by atoms with Crippen LogP contribution in [0.15, 0.2) is 5.38 Å². The molecule has 1 rings (SSSR count). The minimum absolute atomic E-state index is 0.127. The Bertz CT molecular complexity index is 341. The zero-order chi connectivity index (χ0) is 13.1. The molecule has 0 amide bonds. The van der Waals surface area contributed by atoms with Crippen molar-refractivity contribution in [2.45, 2.75) is 38.6 Å². The Morgan fingerprint density at radius 1 is 1.47 bits per heavy atom. The van der Waals surface area contributed by atoms with Crippen LogP contribution in [-0.4, -0.2) is 36.6 Å². The summed E-state index contributed by atoms with van der Waals surface area (Å²) in [4.78, 5) is 6.81. The van der Waals surface area contributed by atoms with Crippen LogP contribution in [0.4, 0.5) is 0 Å². The van der Waals surface area contributed by atoms with Crippen molar-refractivity contribution in [1.82, 2.24) is 15.3 Å². The van der Waals surface area contributed by atoms with Crippen LogP contribution in [0.5, 0.6) is 0 Å². The highest BCUT2D eigenvalue weighted by atomic mass is 32.1. The van der Waals surface area contributed by atoms with Crippen molar-refractivity contribution in [2.75, 3.05) is 20.6 Å². The molecular weight excluding hydrogens is 232 g/mol. The van der Waals surface area contributed by atoms with Crippen molar-refractivity contribution in [3.8, 4) is 0 Å². The second kappa shape index (κ2) is 5.91. The first-order valence-corrected chi connectivity index (χ1v) is 6.76. The van der Waals surface area contributed by atoms with Crippen molar-refractivity contribution in [3.63, 3.8) is 0 Å². The third-order valence-electron chi connectivity index (χ3n) is 2.56. The van der Waals surface area contributed by atoms with E-state index in [1.807, 2.05) is 14.1 Å². The van der Waals surface area contributed by atoms with E-state index in [-0.39, 0.29) is 11.5 Å². The lowest BCUT2D eigenvalue weighted by Crippen LogP contribution is -2.43. The molecule has 1 unspecified atom stereocenters.